The number of benzene rings is 2. The number of fused-ring (bicyclic) bond motifs is 1. The first-order valence-electron chi connectivity index (χ1n) is 10.9. The Balaban J connectivity index is 1.51. The van der Waals surface area contributed by atoms with Gasteiger partial charge >= 0.3 is 0 Å². The monoisotopic (exact) mass is 428 g/mol. The molecule has 0 saturated carbocycles. The molecule has 3 heterocycles. The minimum atomic E-state index is -0.225. The second-order valence-electron chi connectivity index (χ2n) is 8.01. The van der Waals surface area contributed by atoms with Crippen LogP contribution in [0.1, 0.15) is 6.92 Å². The number of hydrogen-bond donors (Lipinski definition) is 1. The molecular weight excluding hydrogens is 403 g/mol. The van der Waals surface area contributed by atoms with Crippen molar-refractivity contribution >= 4 is 22.4 Å². The van der Waals surface area contributed by atoms with Crippen LogP contribution in [0.3, 0.4) is 0 Å². The van der Waals surface area contributed by atoms with Gasteiger partial charge in [-0.3, -0.25) is 0 Å². The molecule has 4 aromatic rings. The Bertz CT molecular complexity index is 1270. The molecule has 5 rings (SSSR count). The van der Waals surface area contributed by atoms with E-state index in [-0.39, 0.29) is 5.82 Å². The summed E-state index contributed by atoms with van der Waals surface area (Å²) in [4.78, 5) is 17.5. The van der Waals surface area contributed by atoms with Crippen LogP contribution in [0.2, 0.25) is 0 Å². The SMILES string of the molecule is CCN1CCN(c2ccc(-c3ncnc4ccc(-c5ccnc(N)c5)cc34)cc2F)CC1. The number of aromatic nitrogens is 3. The molecule has 1 saturated heterocycles. The third kappa shape index (κ3) is 3.87. The number of likely N-dealkylation sites (N-methyl/N-ethyl adjacent to an activating group) is 1. The number of piperazine rings is 1. The summed E-state index contributed by atoms with van der Waals surface area (Å²) in [6, 6.07) is 15.1. The molecule has 0 atom stereocenters. The molecule has 162 valence electrons. The lowest BCUT2D eigenvalue weighted by molar-refractivity contribution is 0.270. The lowest BCUT2D eigenvalue weighted by Crippen LogP contribution is -2.46. The van der Waals surface area contributed by atoms with E-state index in [1.54, 1.807) is 12.3 Å². The lowest BCUT2D eigenvalue weighted by atomic mass is 10.0. The van der Waals surface area contributed by atoms with E-state index in [2.05, 4.69) is 31.7 Å². The van der Waals surface area contributed by atoms with Gasteiger partial charge in [0.15, 0.2) is 0 Å². The summed E-state index contributed by atoms with van der Waals surface area (Å²) in [6.45, 7) is 6.77. The van der Waals surface area contributed by atoms with Crippen LogP contribution in [-0.4, -0.2) is 52.6 Å². The Morgan fingerprint density at radius 2 is 1.66 bits per heavy atom. The highest BCUT2D eigenvalue weighted by Crippen LogP contribution is 2.32. The summed E-state index contributed by atoms with van der Waals surface area (Å²) >= 11 is 0. The molecule has 0 amide bonds. The van der Waals surface area contributed by atoms with E-state index < -0.39 is 0 Å². The van der Waals surface area contributed by atoms with E-state index in [1.807, 2.05) is 42.5 Å². The van der Waals surface area contributed by atoms with Crippen molar-refractivity contribution in [2.75, 3.05) is 43.4 Å². The van der Waals surface area contributed by atoms with Crippen molar-refractivity contribution in [3.63, 3.8) is 0 Å². The van der Waals surface area contributed by atoms with Gasteiger partial charge in [0, 0.05) is 43.3 Å². The molecule has 2 aromatic heterocycles. The van der Waals surface area contributed by atoms with Gasteiger partial charge in [-0.25, -0.2) is 19.3 Å². The molecular formula is C25H25FN6. The van der Waals surface area contributed by atoms with Gasteiger partial charge in [-0.1, -0.05) is 19.1 Å². The minimum Gasteiger partial charge on any atom is -0.384 e. The molecule has 7 heteroatoms. The van der Waals surface area contributed by atoms with Crippen LogP contribution in [0.5, 0.6) is 0 Å². The normalized spacial score (nSPS) is 14.8. The van der Waals surface area contributed by atoms with E-state index in [0.29, 0.717) is 17.2 Å². The van der Waals surface area contributed by atoms with Gasteiger partial charge in [0.1, 0.15) is 18.0 Å². The average molecular weight is 429 g/mol. The fourth-order valence-electron chi connectivity index (χ4n) is 4.31. The number of halogens is 1. The number of pyridine rings is 1. The largest absolute Gasteiger partial charge is 0.384 e. The second kappa shape index (κ2) is 8.51. The van der Waals surface area contributed by atoms with Crippen molar-refractivity contribution in [3.8, 4) is 22.4 Å². The van der Waals surface area contributed by atoms with Crippen LogP contribution < -0.4 is 10.6 Å². The molecule has 1 aliphatic rings. The van der Waals surface area contributed by atoms with Crippen molar-refractivity contribution in [1.82, 2.24) is 19.9 Å². The molecule has 2 aromatic carbocycles. The first-order valence-corrected chi connectivity index (χ1v) is 10.9. The first-order chi connectivity index (χ1) is 15.6. The molecule has 6 nitrogen and oxygen atoms in total. The van der Waals surface area contributed by atoms with E-state index >= 15 is 4.39 Å². The van der Waals surface area contributed by atoms with Gasteiger partial charge in [0.2, 0.25) is 0 Å². The van der Waals surface area contributed by atoms with Crippen LogP contribution in [-0.2, 0) is 0 Å². The number of nitrogens with two attached hydrogens (primary N) is 1. The first kappa shape index (κ1) is 20.3. The zero-order chi connectivity index (χ0) is 22.1. The molecule has 32 heavy (non-hydrogen) atoms. The molecule has 1 aliphatic heterocycles. The number of hydrogen-bond acceptors (Lipinski definition) is 6. The van der Waals surface area contributed by atoms with Crippen molar-refractivity contribution in [2.45, 2.75) is 6.92 Å². The Labute approximate surface area is 186 Å². The van der Waals surface area contributed by atoms with Crippen molar-refractivity contribution < 1.29 is 4.39 Å². The maximum atomic E-state index is 15.2. The van der Waals surface area contributed by atoms with Gasteiger partial charge in [-0.05, 0) is 54.1 Å². The van der Waals surface area contributed by atoms with Crippen LogP contribution in [0.15, 0.2) is 61.1 Å². The highest BCUT2D eigenvalue weighted by atomic mass is 19.1. The topological polar surface area (TPSA) is 71.2 Å². The Kier molecular flexibility index (Phi) is 5.41. The number of anilines is 2. The summed E-state index contributed by atoms with van der Waals surface area (Å²) in [7, 11) is 0. The lowest BCUT2D eigenvalue weighted by Gasteiger charge is -2.35. The predicted octanol–water partition coefficient (Wildman–Crippen LogP) is 4.22. The third-order valence-corrected chi connectivity index (χ3v) is 6.13. The maximum absolute atomic E-state index is 15.2. The molecule has 0 bridgehead atoms. The standard InChI is InChI=1S/C25H25FN6/c1-2-31-9-11-32(12-10-31)23-6-4-19(14-21(23)26)25-20-13-17(3-5-22(20)29-16-30-25)18-7-8-28-24(27)15-18/h3-8,13-16H,2,9-12H2,1H3,(H2,27,28). The fraction of sp³-hybridized carbons (Fsp3) is 0.240. The molecule has 0 aliphatic carbocycles. The third-order valence-electron chi connectivity index (χ3n) is 6.13. The number of nitrogen functional groups attached to an aromatic ring is 1. The molecule has 1 fully saturated rings. The second-order valence-corrected chi connectivity index (χ2v) is 8.01. The summed E-state index contributed by atoms with van der Waals surface area (Å²) in [5.41, 5.74) is 10.7. The quantitative estimate of drug-likeness (QED) is 0.525. The van der Waals surface area contributed by atoms with Crippen LogP contribution in [0.4, 0.5) is 15.9 Å². The zero-order valence-corrected chi connectivity index (χ0v) is 18.0. The smallest absolute Gasteiger partial charge is 0.147 e. The summed E-state index contributed by atoms with van der Waals surface area (Å²) < 4.78 is 15.2. The van der Waals surface area contributed by atoms with Crippen LogP contribution >= 0.6 is 0 Å². The van der Waals surface area contributed by atoms with Crippen molar-refractivity contribution in [3.05, 3.63) is 66.9 Å². The van der Waals surface area contributed by atoms with E-state index in [0.717, 1.165) is 60.3 Å². The average Bonchev–Trinajstić information content (AvgIpc) is 2.83. The van der Waals surface area contributed by atoms with Gasteiger partial charge < -0.3 is 15.5 Å². The number of nitrogens with zero attached hydrogens (tertiary/aromatic N) is 5. The van der Waals surface area contributed by atoms with E-state index in [1.165, 1.54) is 6.33 Å². The highest BCUT2D eigenvalue weighted by molar-refractivity contribution is 5.95. The molecule has 0 unspecified atom stereocenters. The Morgan fingerprint density at radius 1 is 0.875 bits per heavy atom. The van der Waals surface area contributed by atoms with Gasteiger partial charge in [0.25, 0.3) is 0 Å². The minimum absolute atomic E-state index is 0.225. The molecule has 0 spiro atoms. The maximum Gasteiger partial charge on any atom is 0.147 e. The van der Waals surface area contributed by atoms with Crippen molar-refractivity contribution in [2.24, 2.45) is 0 Å². The Hall–Kier alpha value is -3.58. The Morgan fingerprint density at radius 3 is 2.41 bits per heavy atom. The molecule has 2 N–H and O–H groups in total. The van der Waals surface area contributed by atoms with Gasteiger partial charge in [-0.2, -0.15) is 0 Å². The van der Waals surface area contributed by atoms with Crippen LogP contribution in [0.25, 0.3) is 33.3 Å². The summed E-state index contributed by atoms with van der Waals surface area (Å²) in [6.07, 6.45) is 3.21. The van der Waals surface area contributed by atoms with E-state index in [9.17, 15) is 0 Å². The fourth-order valence-corrected chi connectivity index (χ4v) is 4.31. The van der Waals surface area contributed by atoms with Crippen LogP contribution in [0, 0.1) is 5.82 Å². The summed E-state index contributed by atoms with van der Waals surface area (Å²) in [5.74, 6) is 0.238. The number of rotatable bonds is 4. The summed E-state index contributed by atoms with van der Waals surface area (Å²) in [5, 5.41) is 0.865. The molecule has 0 radical (unpaired) electrons. The predicted molar refractivity (Wildman–Crippen MR) is 127 cm³/mol. The van der Waals surface area contributed by atoms with Gasteiger partial charge in [0.05, 0.1) is 16.9 Å². The van der Waals surface area contributed by atoms with Crippen molar-refractivity contribution in [1.29, 1.82) is 0 Å². The highest BCUT2D eigenvalue weighted by Gasteiger charge is 2.19. The zero-order valence-electron chi connectivity index (χ0n) is 18.0. The van der Waals surface area contributed by atoms with Gasteiger partial charge in [-0.15, -0.1) is 0 Å². The van der Waals surface area contributed by atoms with E-state index in [4.69, 9.17) is 5.73 Å².